The molecule has 0 fully saturated rings. The van der Waals surface area contributed by atoms with E-state index in [0.717, 1.165) is 28.1 Å². The molecule has 0 unspecified atom stereocenters. The number of aryl methyl sites for hydroxylation is 1. The first-order valence-electron chi connectivity index (χ1n) is 8.36. The number of nitrogens with zero attached hydrogens (tertiary/aromatic N) is 1. The van der Waals surface area contributed by atoms with Crippen molar-refractivity contribution < 1.29 is 9.47 Å². The van der Waals surface area contributed by atoms with Crippen LogP contribution in [-0.4, -0.2) is 18.2 Å². The van der Waals surface area contributed by atoms with E-state index in [1.165, 1.54) is 5.56 Å². The van der Waals surface area contributed by atoms with Gasteiger partial charge in [-0.1, -0.05) is 50.2 Å². The molecule has 3 nitrogen and oxygen atoms in total. The highest BCUT2D eigenvalue weighted by Gasteiger charge is 2.07. The summed E-state index contributed by atoms with van der Waals surface area (Å²) >= 11 is 0. The monoisotopic (exact) mass is 321 g/mol. The Morgan fingerprint density at radius 1 is 0.833 bits per heavy atom. The van der Waals surface area contributed by atoms with Crippen LogP contribution in [0.2, 0.25) is 0 Å². The second kappa shape index (κ2) is 7.35. The van der Waals surface area contributed by atoms with Crippen molar-refractivity contribution in [2.24, 2.45) is 0 Å². The molecule has 0 bridgehead atoms. The Kier molecular flexibility index (Phi) is 4.99. The highest BCUT2D eigenvalue weighted by Crippen LogP contribution is 2.26. The molecule has 3 heteroatoms. The van der Waals surface area contributed by atoms with Gasteiger partial charge in [0.15, 0.2) is 0 Å². The number of aromatic nitrogens is 1. The molecule has 0 spiro atoms. The van der Waals surface area contributed by atoms with Crippen molar-refractivity contribution in [2.75, 3.05) is 13.2 Å². The van der Waals surface area contributed by atoms with Crippen LogP contribution in [0.5, 0.6) is 11.5 Å². The molecule has 0 N–H and O–H groups in total. The first-order chi connectivity index (χ1) is 11.6. The van der Waals surface area contributed by atoms with Crippen LogP contribution in [0, 0.1) is 6.92 Å². The second-order valence-corrected chi connectivity index (χ2v) is 6.17. The first kappa shape index (κ1) is 16.3. The molecule has 2 aromatic carbocycles. The van der Waals surface area contributed by atoms with E-state index in [4.69, 9.17) is 9.47 Å². The zero-order valence-electron chi connectivity index (χ0n) is 14.5. The normalized spacial score (nSPS) is 11.0. The van der Waals surface area contributed by atoms with E-state index >= 15 is 0 Å². The number of rotatable bonds is 6. The van der Waals surface area contributed by atoms with Crippen LogP contribution in [0.1, 0.15) is 31.0 Å². The van der Waals surface area contributed by atoms with E-state index < -0.39 is 0 Å². The van der Waals surface area contributed by atoms with Crippen LogP contribution in [0.3, 0.4) is 0 Å². The molecule has 124 valence electrons. The lowest BCUT2D eigenvalue weighted by molar-refractivity contribution is 0.217. The van der Waals surface area contributed by atoms with Gasteiger partial charge in [-0.25, -0.2) is 4.98 Å². The largest absolute Gasteiger partial charge is 0.490 e. The lowest BCUT2D eigenvalue weighted by atomic mass is 10.0. The number of pyridine rings is 1. The number of ether oxygens (including phenoxy) is 2. The van der Waals surface area contributed by atoms with Gasteiger partial charge in [0.2, 0.25) is 0 Å². The Hall–Kier alpha value is -2.55. The number of hydrogen-bond donors (Lipinski definition) is 0. The average Bonchev–Trinajstić information content (AvgIpc) is 2.59. The third-order valence-corrected chi connectivity index (χ3v) is 3.96. The van der Waals surface area contributed by atoms with Crippen LogP contribution in [0.4, 0.5) is 0 Å². The molecule has 0 amide bonds. The Morgan fingerprint density at radius 2 is 1.54 bits per heavy atom. The third-order valence-electron chi connectivity index (χ3n) is 3.96. The summed E-state index contributed by atoms with van der Waals surface area (Å²) in [5.41, 5.74) is 3.11. The minimum absolute atomic E-state index is 0.437. The molecule has 24 heavy (non-hydrogen) atoms. The number of fused-ring (bicyclic) bond motifs is 1. The molecule has 1 aromatic heterocycles. The maximum absolute atomic E-state index is 5.91. The Bertz CT molecular complexity index is 827. The summed E-state index contributed by atoms with van der Waals surface area (Å²) < 4.78 is 11.8. The summed E-state index contributed by atoms with van der Waals surface area (Å²) in [6, 6.07) is 18.2. The number of benzene rings is 2. The van der Waals surface area contributed by atoms with Crippen molar-refractivity contribution in [1.29, 1.82) is 0 Å². The van der Waals surface area contributed by atoms with Crippen LogP contribution in [-0.2, 0) is 0 Å². The topological polar surface area (TPSA) is 31.4 Å². The van der Waals surface area contributed by atoms with E-state index in [2.05, 4.69) is 31.0 Å². The summed E-state index contributed by atoms with van der Waals surface area (Å²) in [4.78, 5) is 4.58. The molecule has 0 aliphatic carbocycles. The average molecular weight is 321 g/mol. The predicted octanol–water partition coefficient (Wildman–Crippen LogP) is 5.12. The molecule has 0 aliphatic rings. The zero-order valence-corrected chi connectivity index (χ0v) is 14.5. The van der Waals surface area contributed by atoms with E-state index in [1.54, 1.807) is 0 Å². The maximum atomic E-state index is 5.91. The van der Waals surface area contributed by atoms with Crippen molar-refractivity contribution in [3.05, 3.63) is 65.9 Å². The Balaban J connectivity index is 1.65. The number of para-hydroxylation sites is 2. The van der Waals surface area contributed by atoms with Crippen LogP contribution in [0.25, 0.3) is 10.9 Å². The van der Waals surface area contributed by atoms with Crippen molar-refractivity contribution in [3.63, 3.8) is 0 Å². The minimum atomic E-state index is 0.437. The molecule has 0 saturated carbocycles. The van der Waals surface area contributed by atoms with Crippen LogP contribution < -0.4 is 9.47 Å². The van der Waals surface area contributed by atoms with Gasteiger partial charge in [-0.15, -0.1) is 0 Å². The fourth-order valence-electron chi connectivity index (χ4n) is 2.73. The standard InChI is InChI=1S/C21H23NO2/c1-15(2)18-8-4-5-9-19(18)23-13-14-24-20-10-6-7-17-12-11-16(3)22-21(17)20/h4-12,15H,13-14H2,1-3H3. The van der Waals surface area contributed by atoms with Gasteiger partial charge >= 0.3 is 0 Å². The van der Waals surface area contributed by atoms with Gasteiger partial charge in [0.1, 0.15) is 30.2 Å². The summed E-state index contributed by atoms with van der Waals surface area (Å²) in [6.45, 7) is 7.32. The number of hydrogen-bond acceptors (Lipinski definition) is 3. The lowest BCUT2D eigenvalue weighted by Gasteiger charge is -2.14. The van der Waals surface area contributed by atoms with E-state index in [1.807, 2.05) is 49.4 Å². The Labute approximate surface area is 143 Å². The summed E-state index contributed by atoms with van der Waals surface area (Å²) in [5, 5.41) is 1.09. The Morgan fingerprint density at radius 3 is 2.33 bits per heavy atom. The molecule has 0 saturated heterocycles. The summed E-state index contributed by atoms with van der Waals surface area (Å²) in [5.74, 6) is 2.17. The molecule has 3 rings (SSSR count). The third kappa shape index (κ3) is 3.67. The molecule has 0 atom stereocenters. The molecule has 0 aliphatic heterocycles. The fourth-order valence-corrected chi connectivity index (χ4v) is 2.73. The SMILES string of the molecule is Cc1ccc2cccc(OCCOc3ccccc3C(C)C)c2n1. The molecular weight excluding hydrogens is 298 g/mol. The minimum Gasteiger partial charge on any atom is -0.490 e. The maximum Gasteiger partial charge on any atom is 0.145 e. The summed E-state index contributed by atoms with van der Waals surface area (Å²) in [6.07, 6.45) is 0. The molecule has 3 aromatic rings. The van der Waals surface area contributed by atoms with Gasteiger partial charge in [0, 0.05) is 11.1 Å². The van der Waals surface area contributed by atoms with Gasteiger partial charge < -0.3 is 9.47 Å². The first-order valence-corrected chi connectivity index (χ1v) is 8.36. The fraction of sp³-hybridized carbons (Fsp3) is 0.286. The summed E-state index contributed by atoms with van der Waals surface area (Å²) in [7, 11) is 0. The molecule has 0 radical (unpaired) electrons. The van der Waals surface area contributed by atoms with Crippen molar-refractivity contribution in [1.82, 2.24) is 4.98 Å². The molecule has 1 heterocycles. The van der Waals surface area contributed by atoms with Gasteiger partial charge in [-0.3, -0.25) is 0 Å². The predicted molar refractivity (Wildman–Crippen MR) is 98.0 cm³/mol. The highest BCUT2D eigenvalue weighted by molar-refractivity contribution is 5.84. The lowest BCUT2D eigenvalue weighted by Crippen LogP contribution is -2.10. The van der Waals surface area contributed by atoms with Crippen molar-refractivity contribution >= 4 is 10.9 Å². The van der Waals surface area contributed by atoms with E-state index in [9.17, 15) is 0 Å². The molecular formula is C21H23NO2. The van der Waals surface area contributed by atoms with Crippen molar-refractivity contribution in [3.8, 4) is 11.5 Å². The van der Waals surface area contributed by atoms with Gasteiger partial charge in [0.25, 0.3) is 0 Å². The quantitative estimate of drug-likeness (QED) is 0.590. The highest BCUT2D eigenvalue weighted by atomic mass is 16.5. The second-order valence-electron chi connectivity index (χ2n) is 6.17. The van der Waals surface area contributed by atoms with Crippen molar-refractivity contribution in [2.45, 2.75) is 26.7 Å². The van der Waals surface area contributed by atoms with Gasteiger partial charge in [-0.05, 0) is 36.6 Å². The van der Waals surface area contributed by atoms with Gasteiger partial charge in [-0.2, -0.15) is 0 Å². The smallest absolute Gasteiger partial charge is 0.145 e. The van der Waals surface area contributed by atoms with Crippen LogP contribution >= 0.6 is 0 Å². The zero-order chi connectivity index (χ0) is 16.9. The van der Waals surface area contributed by atoms with E-state index in [-0.39, 0.29) is 0 Å². The van der Waals surface area contributed by atoms with Crippen LogP contribution in [0.15, 0.2) is 54.6 Å². The van der Waals surface area contributed by atoms with Gasteiger partial charge in [0.05, 0.1) is 0 Å². The van der Waals surface area contributed by atoms with E-state index in [0.29, 0.717) is 19.1 Å².